The van der Waals surface area contributed by atoms with Crippen molar-refractivity contribution in [3.63, 3.8) is 0 Å². The van der Waals surface area contributed by atoms with Crippen molar-refractivity contribution in [2.24, 2.45) is 5.73 Å². The lowest BCUT2D eigenvalue weighted by Gasteiger charge is -2.38. The topological polar surface area (TPSA) is 114 Å². The zero-order chi connectivity index (χ0) is 23.1. The Labute approximate surface area is 192 Å². The monoisotopic (exact) mass is 461 g/mol. The van der Waals surface area contributed by atoms with Crippen LogP contribution in [0.4, 0.5) is 0 Å². The number of halogens is 1. The first kappa shape index (κ1) is 24.2. The van der Waals surface area contributed by atoms with Crippen molar-refractivity contribution in [3.8, 4) is 11.1 Å². The molecule has 2 atom stereocenters. The minimum absolute atomic E-state index is 0.0223. The molecule has 0 aromatic heterocycles. The summed E-state index contributed by atoms with van der Waals surface area (Å²) in [6.07, 6.45) is -0.346. The second-order valence-electron chi connectivity index (χ2n) is 7.84. The van der Waals surface area contributed by atoms with Crippen LogP contribution in [0.3, 0.4) is 0 Å². The molecule has 0 bridgehead atoms. The van der Waals surface area contributed by atoms with Gasteiger partial charge in [-0.3, -0.25) is 9.59 Å². The highest BCUT2D eigenvalue weighted by molar-refractivity contribution is 6.31. The Morgan fingerprint density at radius 3 is 2.66 bits per heavy atom. The highest BCUT2D eigenvalue weighted by Gasteiger charge is 2.33. The molecular formula is C23H28ClN3O5. The van der Waals surface area contributed by atoms with E-state index in [2.05, 4.69) is 11.4 Å². The van der Waals surface area contributed by atoms with Gasteiger partial charge in [0.25, 0.3) is 12.4 Å². The summed E-state index contributed by atoms with van der Waals surface area (Å²) in [6.45, 7) is 5.42. The number of carboxylic acid groups (broad SMARTS) is 1. The second-order valence-corrected chi connectivity index (χ2v) is 8.27. The van der Waals surface area contributed by atoms with Crippen LogP contribution in [0.1, 0.15) is 22.8 Å². The molecular weight excluding hydrogens is 434 g/mol. The summed E-state index contributed by atoms with van der Waals surface area (Å²) >= 11 is 6.37. The van der Waals surface area contributed by atoms with E-state index in [0.29, 0.717) is 50.0 Å². The van der Waals surface area contributed by atoms with E-state index in [1.165, 1.54) is 0 Å². The number of amides is 1. The summed E-state index contributed by atoms with van der Waals surface area (Å²) in [5.41, 5.74) is 8.96. The number of nitrogens with zero attached hydrogens (tertiary/aromatic N) is 1. The van der Waals surface area contributed by atoms with Crippen LogP contribution in [0, 0.1) is 0 Å². The zero-order valence-corrected chi connectivity index (χ0v) is 18.7. The smallest absolute Gasteiger partial charge is 0.290 e. The molecule has 2 unspecified atom stereocenters. The largest absolute Gasteiger partial charge is 0.483 e. The number of nitrogens with one attached hydrogen (secondary N) is 1. The molecule has 0 aliphatic carbocycles. The van der Waals surface area contributed by atoms with E-state index in [0.717, 1.165) is 16.7 Å². The minimum Gasteiger partial charge on any atom is -0.483 e. The molecule has 2 aromatic rings. The maximum Gasteiger partial charge on any atom is 0.290 e. The van der Waals surface area contributed by atoms with Crippen molar-refractivity contribution in [2.75, 3.05) is 39.4 Å². The predicted molar refractivity (Wildman–Crippen MR) is 122 cm³/mol. The van der Waals surface area contributed by atoms with Crippen LogP contribution in [0.25, 0.3) is 11.1 Å². The minimum atomic E-state index is -0.515. The lowest BCUT2D eigenvalue weighted by molar-refractivity contribution is -0.122. The van der Waals surface area contributed by atoms with E-state index in [1.807, 2.05) is 37.3 Å². The van der Waals surface area contributed by atoms with Gasteiger partial charge < -0.3 is 30.5 Å². The normalized spacial score (nSPS) is 23.1. The fourth-order valence-electron chi connectivity index (χ4n) is 3.90. The third kappa shape index (κ3) is 5.85. The molecule has 2 fully saturated rings. The lowest BCUT2D eigenvalue weighted by atomic mass is 9.91. The fourth-order valence-corrected chi connectivity index (χ4v) is 4.13. The molecule has 2 saturated heterocycles. The first-order chi connectivity index (χ1) is 15.4. The van der Waals surface area contributed by atoms with E-state index in [9.17, 15) is 4.79 Å². The Balaban J connectivity index is 0.000000913. The SMILES string of the molecule is CC1(c2cccc(-c3cc(Cl)cc(C(=O)N4CCOCC4)c3)c2)CNCC(N)O1.O=CO. The van der Waals surface area contributed by atoms with Crippen LogP contribution in [0.15, 0.2) is 42.5 Å². The van der Waals surface area contributed by atoms with Gasteiger partial charge in [0.15, 0.2) is 0 Å². The number of hydrogen-bond acceptors (Lipinski definition) is 6. The maximum absolute atomic E-state index is 12.9. The average molecular weight is 462 g/mol. The molecule has 2 aromatic carbocycles. The summed E-state index contributed by atoms with van der Waals surface area (Å²) in [6, 6.07) is 13.6. The van der Waals surface area contributed by atoms with E-state index in [4.69, 9.17) is 36.7 Å². The molecule has 9 heteroatoms. The summed E-state index contributed by atoms with van der Waals surface area (Å²) in [7, 11) is 0. The summed E-state index contributed by atoms with van der Waals surface area (Å²) in [5, 5.41) is 10.7. The maximum atomic E-state index is 12.9. The van der Waals surface area contributed by atoms with Crippen LogP contribution in [-0.2, 0) is 19.9 Å². The summed E-state index contributed by atoms with van der Waals surface area (Å²) in [5.74, 6) is -0.0223. The predicted octanol–water partition coefficient (Wildman–Crippen LogP) is 2.30. The number of carbonyl (C=O) groups is 2. The summed E-state index contributed by atoms with van der Waals surface area (Å²) < 4.78 is 11.4. The molecule has 1 amide bonds. The van der Waals surface area contributed by atoms with Gasteiger partial charge in [0.2, 0.25) is 0 Å². The third-order valence-corrected chi connectivity index (χ3v) is 5.69. The van der Waals surface area contributed by atoms with E-state index < -0.39 is 5.60 Å². The van der Waals surface area contributed by atoms with Crippen LogP contribution in [0.2, 0.25) is 5.02 Å². The molecule has 0 saturated carbocycles. The zero-order valence-electron chi connectivity index (χ0n) is 17.9. The molecule has 0 spiro atoms. The quantitative estimate of drug-likeness (QED) is 0.601. The Bertz CT molecular complexity index is 951. The molecule has 172 valence electrons. The van der Waals surface area contributed by atoms with Gasteiger partial charge in [-0.2, -0.15) is 0 Å². The van der Waals surface area contributed by atoms with E-state index in [-0.39, 0.29) is 18.6 Å². The van der Waals surface area contributed by atoms with E-state index >= 15 is 0 Å². The van der Waals surface area contributed by atoms with Gasteiger partial charge in [-0.25, -0.2) is 0 Å². The number of nitrogens with two attached hydrogens (primary N) is 1. The van der Waals surface area contributed by atoms with Gasteiger partial charge in [-0.1, -0.05) is 29.8 Å². The van der Waals surface area contributed by atoms with Crippen molar-refractivity contribution in [3.05, 3.63) is 58.6 Å². The van der Waals surface area contributed by atoms with Gasteiger partial charge in [-0.15, -0.1) is 0 Å². The first-order valence-corrected chi connectivity index (χ1v) is 10.7. The lowest BCUT2D eigenvalue weighted by Crippen LogP contribution is -2.53. The first-order valence-electron chi connectivity index (χ1n) is 10.4. The number of rotatable bonds is 3. The fraction of sp³-hybridized carbons (Fsp3) is 0.391. The van der Waals surface area contributed by atoms with Crippen LogP contribution >= 0.6 is 11.6 Å². The molecule has 32 heavy (non-hydrogen) atoms. The number of hydrogen-bond donors (Lipinski definition) is 3. The van der Waals surface area contributed by atoms with Gasteiger partial charge in [0.1, 0.15) is 11.8 Å². The standard InChI is InChI=1S/C22H26ClN3O3.CH2O2/c1-22(14-25-13-20(24)29-22)18-4-2-3-15(10-18)16-9-17(12-19(23)11-16)21(27)26-5-7-28-8-6-26;2-1-3/h2-4,9-12,20,25H,5-8,13-14,24H2,1H3;1H,(H,2,3). The van der Waals surface area contributed by atoms with Crippen molar-refractivity contribution in [1.82, 2.24) is 10.2 Å². The molecule has 2 aliphatic rings. The number of benzene rings is 2. The Morgan fingerprint density at radius 2 is 1.97 bits per heavy atom. The van der Waals surface area contributed by atoms with Crippen molar-refractivity contribution < 1.29 is 24.2 Å². The van der Waals surface area contributed by atoms with Gasteiger partial charge in [0, 0.05) is 36.8 Å². The summed E-state index contributed by atoms with van der Waals surface area (Å²) in [4.78, 5) is 23.1. The van der Waals surface area contributed by atoms with Crippen LogP contribution in [-0.4, -0.2) is 68.0 Å². The molecule has 2 aliphatic heterocycles. The molecule has 4 rings (SSSR count). The Kier molecular flexibility index (Phi) is 8.22. The molecule has 0 radical (unpaired) electrons. The number of ether oxygens (including phenoxy) is 2. The average Bonchev–Trinajstić information content (AvgIpc) is 2.79. The highest BCUT2D eigenvalue weighted by Crippen LogP contribution is 2.32. The van der Waals surface area contributed by atoms with Crippen molar-refractivity contribution in [1.29, 1.82) is 0 Å². The highest BCUT2D eigenvalue weighted by atomic mass is 35.5. The van der Waals surface area contributed by atoms with Crippen LogP contribution in [0.5, 0.6) is 0 Å². The molecule has 8 nitrogen and oxygen atoms in total. The van der Waals surface area contributed by atoms with Crippen LogP contribution < -0.4 is 11.1 Å². The Morgan fingerprint density at radius 1 is 1.25 bits per heavy atom. The third-order valence-electron chi connectivity index (χ3n) is 5.47. The molecule has 2 heterocycles. The number of carbonyl (C=O) groups excluding carboxylic acids is 1. The second kappa shape index (κ2) is 10.9. The number of morpholine rings is 2. The van der Waals surface area contributed by atoms with Crippen molar-refractivity contribution >= 4 is 24.0 Å². The van der Waals surface area contributed by atoms with Gasteiger partial charge in [-0.05, 0) is 47.9 Å². The molecule has 4 N–H and O–H groups in total. The van der Waals surface area contributed by atoms with Gasteiger partial charge in [0.05, 0.1) is 13.2 Å². The van der Waals surface area contributed by atoms with Gasteiger partial charge >= 0.3 is 0 Å². The van der Waals surface area contributed by atoms with Crippen molar-refractivity contribution in [2.45, 2.75) is 18.8 Å². The van der Waals surface area contributed by atoms with E-state index in [1.54, 1.807) is 11.0 Å². The Hall–Kier alpha value is -2.49.